The summed E-state index contributed by atoms with van der Waals surface area (Å²) in [4.78, 5) is 10.3. The van der Waals surface area contributed by atoms with Crippen molar-refractivity contribution in [2.45, 2.75) is 5.79 Å². The fourth-order valence-electron chi connectivity index (χ4n) is 0.455. The summed E-state index contributed by atoms with van der Waals surface area (Å²) in [6.07, 6.45) is 0. The van der Waals surface area contributed by atoms with Crippen LogP contribution in [0.3, 0.4) is 0 Å². The number of aliphatic carboxylic acids is 1. The van der Waals surface area contributed by atoms with Crippen LogP contribution in [-0.4, -0.2) is 42.8 Å². The van der Waals surface area contributed by atoms with Gasteiger partial charge in [-0.05, 0) is 0 Å². The Balaban J connectivity index is 4.31. The van der Waals surface area contributed by atoms with Crippen LogP contribution in [0.4, 0.5) is 0 Å². The number of rotatable bonds is 4. The molecule has 0 spiro atoms. The van der Waals surface area contributed by atoms with Crippen LogP contribution in [0.5, 0.6) is 0 Å². The fraction of sp³-hybridized carbons (Fsp3) is 0.800. The molecule has 0 saturated heterocycles. The Kier molecular flexibility index (Phi) is 3.27. The van der Waals surface area contributed by atoms with Gasteiger partial charge in [0, 0.05) is 14.2 Å². The number of carboxylic acids is 1. The standard InChI is InChI=1S/C5H10O5/c1-9-5(3-6,10-2)4(7)8/h6H,3H2,1-2H3,(H,7,8). The molecule has 0 bridgehead atoms. The first-order chi connectivity index (χ1) is 4.63. The van der Waals surface area contributed by atoms with E-state index in [2.05, 4.69) is 9.47 Å². The zero-order chi connectivity index (χ0) is 8.20. The van der Waals surface area contributed by atoms with Crippen LogP contribution in [0, 0.1) is 0 Å². The van der Waals surface area contributed by atoms with Gasteiger partial charge in [-0.3, -0.25) is 0 Å². The van der Waals surface area contributed by atoms with Crippen LogP contribution in [0.15, 0.2) is 0 Å². The number of carboxylic acid groups (broad SMARTS) is 1. The van der Waals surface area contributed by atoms with Crippen molar-refractivity contribution in [2.24, 2.45) is 0 Å². The summed E-state index contributed by atoms with van der Waals surface area (Å²) >= 11 is 0. The van der Waals surface area contributed by atoms with Crippen molar-refractivity contribution in [3.63, 3.8) is 0 Å². The summed E-state index contributed by atoms with van der Waals surface area (Å²) in [6.45, 7) is -0.713. The second-order valence-corrected chi connectivity index (χ2v) is 1.62. The van der Waals surface area contributed by atoms with Crippen molar-refractivity contribution >= 4 is 5.97 Å². The van der Waals surface area contributed by atoms with E-state index in [-0.39, 0.29) is 0 Å². The average molecular weight is 150 g/mol. The lowest BCUT2D eigenvalue weighted by Gasteiger charge is -2.22. The molecule has 0 rings (SSSR count). The molecule has 0 aliphatic carbocycles. The highest BCUT2D eigenvalue weighted by Gasteiger charge is 2.38. The zero-order valence-corrected chi connectivity index (χ0v) is 5.83. The minimum atomic E-state index is -1.90. The molecule has 5 heteroatoms. The molecule has 0 aliphatic rings. The Labute approximate surface area is 58.2 Å². The van der Waals surface area contributed by atoms with Crippen molar-refractivity contribution in [3.8, 4) is 0 Å². The Morgan fingerprint density at radius 2 is 1.90 bits per heavy atom. The monoisotopic (exact) mass is 150 g/mol. The maximum absolute atomic E-state index is 10.3. The summed E-state index contributed by atoms with van der Waals surface area (Å²) < 4.78 is 8.85. The van der Waals surface area contributed by atoms with E-state index >= 15 is 0 Å². The highest BCUT2D eigenvalue weighted by molar-refractivity contribution is 5.75. The van der Waals surface area contributed by atoms with Crippen LogP contribution in [0.2, 0.25) is 0 Å². The van der Waals surface area contributed by atoms with Crippen LogP contribution in [-0.2, 0) is 14.3 Å². The van der Waals surface area contributed by atoms with Gasteiger partial charge in [-0.25, -0.2) is 4.79 Å². The lowest BCUT2D eigenvalue weighted by atomic mass is 10.3. The second kappa shape index (κ2) is 3.50. The average Bonchev–Trinajstić information content (AvgIpc) is 1.92. The topological polar surface area (TPSA) is 76.0 Å². The minimum absolute atomic E-state index is 0.713. The Bertz CT molecular complexity index is 109. The summed E-state index contributed by atoms with van der Waals surface area (Å²) in [5.74, 6) is -3.25. The molecule has 2 N–H and O–H groups in total. The van der Waals surface area contributed by atoms with E-state index in [1.54, 1.807) is 0 Å². The number of methoxy groups -OCH3 is 2. The zero-order valence-electron chi connectivity index (χ0n) is 5.83. The predicted octanol–water partition coefficient (Wildman–Crippen LogP) is -0.948. The number of aliphatic hydroxyl groups is 1. The van der Waals surface area contributed by atoms with Crippen molar-refractivity contribution in [3.05, 3.63) is 0 Å². The van der Waals surface area contributed by atoms with Crippen molar-refractivity contribution in [1.29, 1.82) is 0 Å². The van der Waals surface area contributed by atoms with Crippen LogP contribution in [0.1, 0.15) is 0 Å². The normalized spacial score (nSPS) is 11.5. The molecule has 0 unspecified atom stereocenters. The third-order valence-electron chi connectivity index (χ3n) is 1.19. The number of hydrogen-bond acceptors (Lipinski definition) is 4. The van der Waals surface area contributed by atoms with Gasteiger partial charge < -0.3 is 19.7 Å². The van der Waals surface area contributed by atoms with Gasteiger partial charge in [-0.15, -0.1) is 0 Å². The number of ether oxygens (including phenoxy) is 2. The molecule has 0 aliphatic heterocycles. The minimum Gasteiger partial charge on any atom is -0.477 e. The van der Waals surface area contributed by atoms with Gasteiger partial charge in [0.25, 0.3) is 5.79 Å². The van der Waals surface area contributed by atoms with Gasteiger partial charge in [0.1, 0.15) is 6.61 Å². The van der Waals surface area contributed by atoms with E-state index in [4.69, 9.17) is 10.2 Å². The van der Waals surface area contributed by atoms with E-state index in [0.29, 0.717) is 0 Å². The maximum Gasteiger partial charge on any atom is 0.366 e. The van der Waals surface area contributed by atoms with E-state index in [9.17, 15) is 4.79 Å². The third kappa shape index (κ3) is 1.44. The number of aliphatic hydroxyl groups excluding tert-OH is 1. The molecule has 0 amide bonds. The smallest absolute Gasteiger partial charge is 0.366 e. The van der Waals surface area contributed by atoms with Gasteiger partial charge >= 0.3 is 5.97 Å². The molecular formula is C5H10O5. The lowest BCUT2D eigenvalue weighted by Crippen LogP contribution is -2.46. The summed E-state index contributed by atoms with van der Waals surface area (Å²) in [6, 6.07) is 0. The van der Waals surface area contributed by atoms with Gasteiger partial charge in [0.15, 0.2) is 0 Å². The van der Waals surface area contributed by atoms with Crippen LogP contribution < -0.4 is 0 Å². The van der Waals surface area contributed by atoms with Crippen LogP contribution >= 0.6 is 0 Å². The van der Waals surface area contributed by atoms with Gasteiger partial charge in [0.05, 0.1) is 0 Å². The lowest BCUT2D eigenvalue weighted by molar-refractivity contribution is -0.237. The summed E-state index contributed by atoms with van der Waals surface area (Å²) in [5, 5.41) is 16.9. The van der Waals surface area contributed by atoms with Crippen molar-refractivity contribution in [1.82, 2.24) is 0 Å². The summed E-state index contributed by atoms with van der Waals surface area (Å²) in [5.41, 5.74) is 0. The van der Waals surface area contributed by atoms with Crippen LogP contribution in [0.25, 0.3) is 0 Å². The molecule has 10 heavy (non-hydrogen) atoms. The number of hydrogen-bond donors (Lipinski definition) is 2. The van der Waals surface area contributed by atoms with Gasteiger partial charge in [0.2, 0.25) is 0 Å². The molecule has 60 valence electrons. The Morgan fingerprint density at radius 3 is 1.90 bits per heavy atom. The second-order valence-electron chi connectivity index (χ2n) is 1.62. The highest BCUT2D eigenvalue weighted by Crippen LogP contribution is 2.09. The molecular weight excluding hydrogens is 140 g/mol. The molecule has 5 nitrogen and oxygen atoms in total. The molecule has 0 heterocycles. The first-order valence-electron chi connectivity index (χ1n) is 2.57. The van der Waals surface area contributed by atoms with Crippen molar-refractivity contribution < 1.29 is 24.5 Å². The van der Waals surface area contributed by atoms with E-state index in [1.807, 2.05) is 0 Å². The molecule has 0 aromatic heterocycles. The molecule has 0 saturated carbocycles. The number of carbonyl (C=O) groups is 1. The first-order valence-corrected chi connectivity index (χ1v) is 2.57. The third-order valence-corrected chi connectivity index (χ3v) is 1.19. The largest absolute Gasteiger partial charge is 0.477 e. The predicted molar refractivity (Wildman–Crippen MR) is 31.5 cm³/mol. The quantitative estimate of drug-likeness (QED) is 0.505. The highest BCUT2D eigenvalue weighted by atomic mass is 16.7. The molecule has 0 radical (unpaired) electrons. The molecule has 0 aromatic carbocycles. The summed E-state index contributed by atoms with van der Waals surface area (Å²) in [7, 11) is 2.29. The molecule has 0 atom stereocenters. The Hall–Kier alpha value is -0.650. The van der Waals surface area contributed by atoms with Crippen molar-refractivity contribution in [2.75, 3.05) is 20.8 Å². The van der Waals surface area contributed by atoms with E-state index in [1.165, 1.54) is 0 Å². The van der Waals surface area contributed by atoms with Gasteiger partial charge in [-0.2, -0.15) is 0 Å². The SMILES string of the molecule is COC(CO)(OC)C(=O)O. The first kappa shape index (κ1) is 9.35. The Morgan fingerprint density at radius 1 is 1.50 bits per heavy atom. The molecule has 0 aromatic rings. The molecule has 0 fully saturated rings. The van der Waals surface area contributed by atoms with E-state index < -0.39 is 18.4 Å². The fourth-order valence-corrected chi connectivity index (χ4v) is 0.455. The maximum atomic E-state index is 10.3. The van der Waals surface area contributed by atoms with Gasteiger partial charge in [-0.1, -0.05) is 0 Å². The van der Waals surface area contributed by atoms with E-state index in [0.717, 1.165) is 14.2 Å².